The van der Waals surface area contributed by atoms with E-state index in [-0.39, 0.29) is 0 Å². The molecule has 66 valence electrons. The van der Waals surface area contributed by atoms with Gasteiger partial charge in [0.15, 0.2) is 7.83 Å². The highest BCUT2D eigenvalue weighted by atomic mass is 79.9. The van der Waals surface area contributed by atoms with Crippen LogP contribution >= 0.6 is 15.9 Å². The highest BCUT2D eigenvalue weighted by Gasteiger charge is 2.17. The minimum absolute atomic E-state index is 0.415. The van der Waals surface area contributed by atoms with Gasteiger partial charge < -0.3 is 4.80 Å². The van der Waals surface area contributed by atoms with Gasteiger partial charge in [0.1, 0.15) is 0 Å². The Morgan fingerprint density at radius 3 is 2.17 bits per heavy atom. The lowest BCUT2D eigenvalue weighted by Gasteiger charge is -2.12. The fourth-order valence-electron chi connectivity index (χ4n) is 1.10. The minimum atomic E-state index is -1.79. The molecule has 0 aliphatic carbocycles. The molecule has 0 aliphatic heterocycles. The van der Waals surface area contributed by atoms with Crippen LogP contribution in [0, 0.1) is 0 Å². The quantitative estimate of drug-likeness (QED) is 0.786. The van der Waals surface area contributed by atoms with Crippen LogP contribution in [0.25, 0.3) is 0 Å². The van der Waals surface area contributed by atoms with Crippen molar-refractivity contribution in [3.05, 3.63) is 28.7 Å². The van der Waals surface area contributed by atoms with Crippen molar-refractivity contribution in [3.63, 3.8) is 0 Å². The van der Waals surface area contributed by atoms with Crippen LogP contribution in [0.15, 0.2) is 28.7 Å². The molecule has 0 bridgehead atoms. The van der Waals surface area contributed by atoms with E-state index < -0.39 is 16.9 Å². The maximum absolute atomic E-state index is 9.73. The molecule has 0 heterocycles. The first-order valence-electron chi connectivity index (χ1n) is 3.94. The van der Waals surface area contributed by atoms with Gasteiger partial charge in [-0.05, 0) is 25.2 Å². The summed E-state index contributed by atoms with van der Waals surface area (Å²) in [7, 11) is -2.21. The predicted molar refractivity (Wildman–Crippen MR) is 62.0 cm³/mol. The molecule has 4 heteroatoms. The van der Waals surface area contributed by atoms with Gasteiger partial charge in [-0.15, -0.1) is 0 Å². The first-order valence-corrected chi connectivity index (χ1v) is 10.7. The van der Waals surface area contributed by atoms with E-state index in [2.05, 4.69) is 28.1 Å². The van der Waals surface area contributed by atoms with E-state index in [0.29, 0.717) is 0 Å². The number of rotatable bonds is 2. The topological polar surface area (TPSA) is 20.2 Å². The number of hydrogen-bond acceptors (Lipinski definition) is 1. The molecule has 0 saturated heterocycles. The molecule has 1 aromatic carbocycles. The number of benzene rings is 1. The van der Waals surface area contributed by atoms with Crippen LogP contribution in [0.4, 0.5) is 0 Å². The Morgan fingerprint density at radius 2 is 1.75 bits per heavy atom. The lowest BCUT2D eigenvalue weighted by molar-refractivity contribution is 0.576. The number of hydrogen-bond donors (Lipinski definition) is 1. The third-order valence-electron chi connectivity index (χ3n) is 1.55. The molecule has 0 fully saturated rings. The predicted octanol–water partition coefficient (Wildman–Crippen LogP) is 0.937. The summed E-state index contributed by atoms with van der Waals surface area (Å²) in [6.07, 6.45) is 0. The molecule has 0 unspecified atom stereocenters. The third-order valence-corrected chi connectivity index (χ3v) is 7.64. The Balaban J connectivity index is 2.71. The first-order chi connectivity index (χ1) is 5.47. The molecule has 1 rings (SSSR count). The molecule has 1 nitrogen and oxygen atoms in total. The summed E-state index contributed by atoms with van der Waals surface area (Å²) in [5.74, 6) is 0. The first kappa shape index (κ1) is 10.2. The summed E-state index contributed by atoms with van der Waals surface area (Å²) < 4.78 is 1.11. The highest BCUT2D eigenvalue weighted by molar-refractivity contribution is 9.10. The lowest BCUT2D eigenvalue weighted by atomic mass is 10.4. The molecule has 12 heavy (non-hydrogen) atoms. The van der Waals surface area contributed by atoms with Crippen LogP contribution in [0.2, 0.25) is 13.1 Å². The molecule has 0 atom stereocenters. The van der Waals surface area contributed by atoms with Gasteiger partial charge in [-0.1, -0.05) is 33.2 Å². The van der Waals surface area contributed by atoms with Crippen molar-refractivity contribution >= 4 is 38.0 Å². The van der Waals surface area contributed by atoms with Crippen molar-refractivity contribution in [1.29, 1.82) is 0 Å². The van der Waals surface area contributed by atoms with Gasteiger partial charge in [0.05, 0.1) is 9.04 Å². The Morgan fingerprint density at radius 1 is 1.25 bits per heavy atom. The molecule has 0 aromatic heterocycles. The summed E-state index contributed by atoms with van der Waals surface area (Å²) in [4.78, 5) is 9.73. The van der Waals surface area contributed by atoms with Gasteiger partial charge in [0.25, 0.3) is 0 Å². The van der Waals surface area contributed by atoms with Crippen molar-refractivity contribution in [2.75, 3.05) is 0 Å². The fourth-order valence-corrected chi connectivity index (χ4v) is 6.54. The summed E-state index contributed by atoms with van der Waals surface area (Å²) in [6.45, 7) is 4.03. The normalized spacial score (nSPS) is 12.7. The minimum Gasteiger partial charge on any atom is -0.435 e. The van der Waals surface area contributed by atoms with Crippen LogP contribution in [0.1, 0.15) is 0 Å². The molecule has 0 spiro atoms. The van der Waals surface area contributed by atoms with Crippen LogP contribution in [-0.4, -0.2) is 21.7 Å². The Labute approximate surface area is 84.7 Å². The Hall–Kier alpha value is 0.0938. The second-order valence-corrected chi connectivity index (χ2v) is 15.6. The van der Waals surface area contributed by atoms with Crippen molar-refractivity contribution in [1.82, 2.24) is 0 Å². The summed E-state index contributed by atoms with van der Waals surface area (Å²) in [6, 6.07) is 8.31. The van der Waals surface area contributed by atoms with Gasteiger partial charge in [-0.3, -0.25) is 0 Å². The molecule has 1 aromatic rings. The zero-order valence-electron chi connectivity index (χ0n) is 7.34. The molecular formula is C8H13BrOSi2. The monoisotopic (exact) mass is 260 g/mol. The van der Waals surface area contributed by atoms with E-state index in [1.54, 1.807) is 0 Å². The van der Waals surface area contributed by atoms with Gasteiger partial charge in [-0.2, -0.15) is 0 Å². The zero-order chi connectivity index (χ0) is 9.19. The summed E-state index contributed by atoms with van der Waals surface area (Å²) >= 11 is 3.39. The molecule has 0 saturated carbocycles. The SMILES string of the molecule is C[Si](C)(O)[SiH2]c1ccc(Br)cc1. The lowest BCUT2D eigenvalue weighted by Crippen LogP contribution is -2.41. The molecule has 0 amide bonds. The average molecular weight is 261 g/mol. The van der Waals surface area contributed by atoms with Gasteiger partial charge >= 0.3 is 0 Å². The summed E-state index contributed by atoms with van der Waals surface area (Å²) in [5.41, 5.74) is 0. The molecule has 0 aliphatic rings. The van der Waals surface area contributed by atoms with Crippen molar-refractivity contribution in [2.45, 2.75) is 13.1 Å². The van der Waals surface area contributed by atoms with E-state index in [9.17, 15) is 4.80 Å². The summed E-state index contributed by atoms with van der Waals surface area (Å²) in [5, 5.41) is 1.36. The van der Waals surface area contributed by atoms with Crippen LogP contribution in [-0.2, 0) is 0 Å². The average Bonchev–Trinajstić information content (AvgIpc) is 1.91. The highest BCUT2D eigenvalue weighted by Crippen LogP contribution is 2.05. The second-order valence-electron chi connectivity index (χ2n) is 3.62. The van der Waals surface area contributed by atoms with E-state index in [4.69, 9.17) is 0 Å². The Kier molecular flexibility index (Phi) is 3.28. The van der Waals surface area contributed by atoms with Crippen LogP contribution in [0.3, 0.4) is 0 Å². The second kappa shape index (κ2) is 3.87. The fraction of sp³-hybridized carbons (Fsp3) is 0.250. The van der Waals surface area contributed by atoms with Gasteiger partial charge in [-0.25, -0.2) is 0 Å². The van der Waals surface area contributed by atoms with E-state index in [1.807, 2.05) is 25.2 Å². The van der Waals surface area contributed by atoms with Crippen LogP contribution in [0.5, 0.6) is 0 Å². The van der Waals surface area contributed by atoms with Crippen molar-refractivity contribution < 1.29 is 4.80 Å². The maximum Gasteiger partial charge on any atom is 0.167 e. The molecular weight excluding hydrogens is 248 g/mol. The smallest absolute Gasteiger partial charge is 0.167 e. The Bertz CT molecular complexity index is 253. The largest absolute Gasteiger partial charge is 0.435 e. The standard InChI is InChI=1S/C8H13BrOSi2/c1-12(2,10)11-8-5-3-7(9)4-6-8/h3-6,10H,11H2,1-2H3. The molecule has 1 N–H and O–H groups in total. The third kappa shape index (κ3) is 3.66. The number of halogens is 1. The van der Waals surface area contributed by atoms with E-state index in [1.165, 1.54) is 5.19 Å². The van der Waals surface area contributed by atoms with E-state index in [0.717, 1.165) is 4.47 Å². The van der Waals surface area contributed by atoms with Crippen molar-refractivity contribution in [3.8, 4) is 0 Å². The zero-order valence-corrected chi connectivity index (χ0v) is 11.3. The van der Waals surface area contributed by atoms with Crippen molar-refractivity contribution in [2.24, 2.45) is 0 Å². The molecule has 0 radical (unpaired) electrons. The van der Waals surface area contributed by atoms with Gasteiger partial charge in [0, 0.05) is 4.47 Å². The maximum atomic E-state index is 9.73. The van der Waals surface area contributed by atoms with E-state index >= 15 is 0 Å². The van der Waals surface area contributed by atoms with Crippen LogP contribution < -0.4 is 5.19 Å². The van der Waals surface area contributed by atoms with Gasteiger partial charge in [0.2, 0.25) is 0 Å².